The maximum absolute atomic E-state index is 11.9. The van der Waals surface area contributed by atoms with Crippen LogP contribution in [0.2, 0.25) is 0 Å². The number of carboxylic acid groups (broad SMARTS) is 1. The van der Waals surface area contributed by atoms with Crippen LogP contribution in [0.1, 0.15) is 31.1 Å². The standard InChI is InChI=1S/C13H15NO6S.2W/c1-13(2,3)20-12(19)7-4-5-21-9(7)14-6-8(10(15)16)11(17)18;;/h4-6,15-16H,1-3H3,(H,17,18);;/b14-6+;;. The van der Waals surface area contributed by atoms with Crippen molar-refractivity contribution in [2.45, 2.75) is 26.4 Å². The van der Waals surface area contributed by atoms with E-state index in [1.54, 1.807) is 26.2 Å². The van der Waals surface area contributed by atoms with E-state index in [-0.39, 0.29) is 52.7 Å². The van der Waals surface area contributed by atoms with Gasteiger partial charge < -0.3 is 20.1 Å². The molecule has 0 aliphatic rings. The summed E-state index contributed by atoms with van der Waals surface area (Å²) in [5, 5.41) is 28.2. The molecule has 0 radical (unpaired) electrons. The Morgan fingerprint density at radius 3 is 2.22 bits per heavy atom. The number of aliphatic carboxylic acids is 1. The number of nitrogens with zero attached hydrogens (tertiary/aromatic N) is 1. The molecule has 1 heterocycles. The quantitative estimate of drug-likeness (QED) is 0.195. The largest absolute Gasteiger partial charge is 0.480 e. The van der Waals surface area contributed by atoms with Gasteiger partial charge in [0.05, 0.1) is 11.8 Å². The Morgan fingerprint density at radius 2 is 1.78 bits per heavy atom. The third kappa shape index (κ3) is 7.91. The second-order valence-electron chi connectivity index (χ2n) is 4.94. The summed E-state index contributed by atoms with van der Waals surface area (Å²) >= 11 is 1.09. The molecule has 0 atom stereocenters. The van der Waals surface area contributed by atoms with Crippen molar-refractivity contribution in [3.05, 3.63) is 28.5 Å². The minimum absolute atomic E-state index is 0. The number of ether oxygens (including phenoxy) is 1. The summed E-state index contributed by atoms with van der Waals surface area (Å²) < 4.78 is 5.19. The van der Waals surface area contributed by atoms with Crippen molar-refractivity contribution < 1.29 is 71.8 Å². The molecule has 0 bridgehead atoms. The molecule has 0 saturated carbocycles. The number of aliphatic hydroxyl groups is 2. The molecule has 1 rings (SSSR count). The molecule has 1 aromatic rings. The average molecular weight is 681 g/mol. The van der Waals surface area contributed by atoms with Crippen molar-refractivity contribution in [2.24, 2.45) is 4.99 Å². The number of hydrogen-bond acceptors (Lipinski definition) is 7. The number of aliphatic hydroxyl groups excluding tert-OH is 1. The minimum Gasteiger partial charge on any atom is -0.480 e. The molecule has 3 N–H and O–H groups in total. The van der Waals surface area contributed by atoms with Gasteiger partial charge in [-0.05, 0) is 32.2 Å². The van der Waals surface area contributed by atoms with Gasteiger partial charge in [-0.25, -0.2) is 14.6 Å². The van der Waals surface area contributed by atoms with Crippen LogP contribution >= 0.6 is 11.3 Å². The number of carbonyl (C=O) groups is 2. The van der Waals surface area contributed by atoms with Crippen LogP contribution < -0.4 is 0 Å². The van der Waals surface area contributed by atoms with Crippen LogP contribution in [0.3, 0.4) is 0 Å². The zero-order valence-corrected chi connectivity index (χ0v) is 19.2. The molecule has 7 nitrogen and oxygen atoms in total. The van der Waals surface area contributed by atoms with Gasteiger partial charge in [0.1, 0.15) is 10.6 Å². The average Bonchev–Trinajstić information content (AvgIpc) is 2.74. The van der Waals surface area contributed by atoms with Crippen LogP contribution in [-0.4, -0.2) is 39.1 Å². The summed E-state index contributed by atoms with van der Waals surface area (Å²) in [6.07, 6.45) is 0.761. The first-order valence-electron chi connectivity index (χ1n) is 5.82. The predicted molar refractivity (Wildman–Crippen MR) is 77.6 cm³/mol. The van der Waals surface area contributed by atoms with Crippen molar-refractivity contribution in [1.82, 2.24) is 0 Å². The van der Waals surface area contributed by atoms with E-state index in [1.165, 1.54) is 6.07 Å². The summed E-state index contributed by atoms with van der Waals surface area (Å²) in [4.78, 5) is 26.5. The molecule has 1 aromatic heterocycles. The first kappa shape index (κ1) is 24.3. The van der Waals surface area contributed by atoms with Crippen LogP contribution in [0, 0.1) is 0 Å². The minimum atomic E-state index is -1.55. The van der Waals surface area contributed by atoms with Gasteiger partial charge in [-0.1, -0.05) is 0 Å². The van der Waals surface area contributed by atoms with Crippen molar-refractivity contribution in [1.29, 1.82) is 0 Å². The Labute approximate surface area is 165 Å². The topological polar surface area (TPSA) is 116 Å². The second kappa shape index (κ2) is 10.0. The monoisotopic (exact) mass is 681 g/mol. The Bertz CT molecular complexity index is 614. The van der Waals surface area contributed by atoms with Crippen LogP contribution in [0.4, 0.5) is 5.00 Å². The van der Waals surface area contributed by atoms with Crippen LogP contribution in [0.5, 0.6) is 0 Å². The summed E-state index contributed by atoms with van der Waals surface area (Å²) in [6.45, 7) is 5.15. The fourth-order valence-electron chi connectivity index (χ4n) is 1.22. The van der Waals surface area contributed by atoms with Crippen molar-refractivity contribution in [3.8, 4) is 0 Å². The van der Waals surface area contributed by atoms with E-state index in [0.29, 0.717) is 0 Å². The molecular formula is C13H15NO6SW2. The Kier molecular flexibility index (Phi) is 10.6. The number of thiophene rings is 1. The number of rotatable bonds is 4. The molecule has 0 aliphatic heterocycles. The molecule has 126 valence electrons. The molecule has 0 aromatic carbocycles. The van der Waals surface area contributed by atoms with Gasteiger partial charge in [-0.3, -0.25) is 0 Å². The Morgan fingerprint density at radius 1 is 1.22 bits per heavy atom. The van der Waals surface area contributed by atoms with Crippen molar-refractivity contribution in [3.63, 3.8) is 0 Å². The van der Waals surface area contributed by atoms with Crippen molar-refractivity contribution in [2.75, 3.05) is 0 Å². The van der Waals surface area contributed by atoms with Crippen LogP contribution in [0.25, 0.3) is 0 Å². The van der Waals surface area contributed by atoms with E-state index < -0.39 is 29.1 Å². The SMILES string of the molecule is CC(C)(C)OC(=O)c1ccsc1/N=C/C(C(=O)O)=C(O)O.[W].[W]. The van der Waals surface area contributed by atoms with E-state index in [0.717, 1.165) is 17.6 Å². The molecule has 0 fully saturated rings. The van der Waals surface area contributed by atoms with E-state index in [1.807, 2.05) is 0 Å². The Hall–Kier alpha value is -0.973. The fourth-order valence-corrected chi connectivity index (χ4v) is 1.95. The Balaban J connectivity index is 0. The molecule has 0 amide bonds. The third-order valence-corrected chi connectivity index (χ3v) is 2.87. The van der Waals surface area contributed by atoms with E-state index in [2.05, 4.69) is 4.99 Å². The van der Waals surface area contributed by atoms with Gasteiger partial charge in [-0.2, -0.15) is 0 Å². The zero-order chi connectivity index (χ0) is 16.2. The summed E-state index contributed by atoms with van der Waals surface area (Å²) in [6, 6.07) is 1.49. The van der Waals surface area contributed by atoms with Gasteiger partial charge in [0.15, 0.2) is 5.57 Å². The van der Waals surface area contributed by atoms with Crippen molar-refractivity contribution >= 4 is 34.5 Å². The summed E-state index contributed by atoms with van der Waals surface area (Å²) in [7, 11) is 0. The van der Waals surface area contributed by atoms with Gasteiger partial charge in [0, 0.05) is 42.1 Å². The number of esters is 1. The number of hydrogen-bond donors (Lipinski definition) is 3. The molecule has 0 spiro atoms. The van der Waals surface area contributed by atoms with Gasteiger partial charge in [0.25, 0.3) is 5.95 Å². The fraction of sp³-hybridized carbons (Fsp3) is 0.308. The molecule has 10 heteroatoms. The van der Waals surface area contributed by atoms with E-state index >= 15 is 0 Å². The van der Waals surface area contributed by atoms with Gasteiger partial charge in [0.2, 0.25) is 0 Å². The number of carbonyl (C=O) groups excluding carboxylic acids is 1. The van der Waals surface area contributed by atoms with Gasteiger partial charge >= 0.3 is 11.9 Å². The zero-order valence-electron chi connectivity index (χ0n) is 12.5. The summed E-state index contributed by atoms with van der Waals surface area (Å²) in [5.74, 6) is -3.50. The molecular weight excluding hydrogens is 666 g/mol. The maximum Gasteiger partial charge on any atom is 0.344 e. The van der Waals surface area contributed by atoms with E-state index in [4.69, 9.17) is 20.1 Å². The normalized spacial score (nSPS) is 10.4. The van der Waals surface area contributed by atoms with Crippen LogP contribution in [-0.2, 0) is 51.7 Å². The molecule has 23 heavy (non-hydrogen) atoms. The second-order valence-corrected chi connectivity index (χ2v) is 5.84. The first-order chi connectivity index (χ1) is 9.61. The van der Waals surface area contributed by atoms with Crippen LogP contribution in [0.15, 0.2) is 28.0 Å². The number of carboxylic acids is 1. The third-order valence-electron chi connectivity index (χ3n) is 2.05. The maximum atomic E-state index is 11.9. The number of aliphatic imine (C=N–C) groups is 1. The molecule has 0 aliphatic carbocycles. The van der Waals surface area contributed by atoms with Gasteiger partial charge in [-0.15, -0.1) is 11.3 Å². The molecule has 0 saturated heterocycles. The predicted octanol–water partition coefficient (Wildman–Crippen LogP) is 2.81. The first-order valence-corrected chi connectivity index (χ1v) is 6.70. The summed E-state index contributed by atoms with van der Waals surface area (Å²) in [5.41, 5.74) is -1.28. The molecule has 0 unspecified atom stereocenters. The van der Waals surface area contributed by atoms with E-state index in [9.17, 15) is 9.59 Å². The smallest absolute Gasteiger partial charge is 0.344 e.